The Kier molecular flexibility index (Phi) is 10.3. The fourth-order valence-electron chi connectivity index (χ4n) is 4.15. The van der Waals surface area contributed by atoms with Crippen LogP contribution < -0.4 is 4.74 Å². The average Bonchev–Trinajstić information content (AvgIpc) is 2.89. The van der Waals surface area contributed by atoms with Gasteiger partial charge in [0.1, 0.15) is 18.2 Å². The fourth-order valence-corrected chi connectivity index (χ4v) is 4.15. The molecule has 0 saturated carbocycles. The summed E-state index contributed by atoms with van der Waals surface area (Å²) in [7, 11) is 0. The first-order valence-corrected chi connectivity index (χ1v) is 12.5. The molecule has 0 fully saturated rings. The maximum atomic E-state index is 13.8. The molecule has 0 saturated heterocycles. The van der Waals surface area contributed by atoms with Gasteiger partial charge in [0.15, 0.2) is 0 Å². The lowest BCUT2D eigenvalue weighted by atomic mass is 10.1. The zero-order chi connectivity index (χ0) is 25.0. The van der Waals surface area contributed by atoms with Gasteiger partial charge in [0.25, 0.3) is 5.91 Å². The maximum absolute atomic E-state index is 13.8. The Balaban J connectivity index is 1.68. The molecule has 0 N–H and O–H groups in total. The van der Waals surface area contributed by atoms with E-state index in [9.17, 15) is 9.18 Å². The van der Waals surface area contributed by atoms with E-state index in [1.807, 2.05) is 59.5 Å². The SMILES string of the molecule is CCN(CC)CCCC(C)N(Cc1ccc(OCc2ccccc2)cc1)C(=O)c1cccc(F)c1. The van der Waals surface area contributed by atoms with Crippen LogP contribution in [0.25, 0.3) is 0 Å². The highest BCUT2D eigenvalue weighted by Crippen LogP contribution is 2.20. The van der Waals surface area contributed by atoms with Gasteiger partial charge in [0, 0.05) is 18.2 Å². The Hall–Kier alpha value is -3.18. The van der Waals surface area contributed by atoms with Crippen LogP contribution in [0.15, 0.2) is 78.9 Å². The molecule has 1 amide bonds. The Morgan fingerprint density at radius 2 is 1.63 bits per heavy atom. The van der Waals surface area contributed by atoms with Gasteiger partial charge < -0.3 is 14.5 Å². The van der Waals surface area contributed by atoms with Crippen LogP contribution in [0.1, 0.15) is 55.1 Å². The van der Waals surface area contributed by atoms with Crippen molar-refractivity contribution in [3.8, 4) is 5.75 Å². The van der Waals surface area contributed by atoms with Crippen molar-refractivity contribution >= 4 is 5.91 Å². The third kappa shape index (κ3) is 8.22. The predicted octanol–water partition coefficient (Wildman–Crippen LogP) is 6.56. The number of carbonyl (C=O) groups is 1. The van der Waals surface area contributed by atoms with Crippen molar-refractivity contribution in [1.82, 2.24) is 9.80 Å². The lowest BCUT2D eigenvalue weighted by molar-refractivity contribution is 0.0661. The molecule has 186 valence electrons. The van der Waals surface area contributed by atoms with Crippen LogP contribution in [0, 0.1) is 5.82 Å². The fraction of sp³-hybridized carbons (Fsp3) is 0.367. The number of rotatable bonds is 13. The van der Waals surface area contributed by atoms with Gasteiger partial charge in [0.05, 0.1) is 0 Å². The first-order valence-electron chi connectivity index (χ1n) is 12.5. The monoisotopic (exact) mass is 476 g/mol. The van der Waals surface area contributed by atoms with Crippen LogP contribution in [0.3, 0.4) is 0 Å². The standard InChI is InChI=1S/C30H37FN2O2/c1-4-32(5-2)20-10-11-24(3)33(30(34)27-14-9-15-28(31)21-27)22-25-16-18-29(19-17-25)35-23-26-12-7-6-8-13-26/h6-9,12-19,21,24H,4-5,10-11,20,22-23H2,1-3H3. The van der Waals surface area contributed by atoms with Crippen LogP contribution in [-0.2, 0) is 13.2 Å². The Labute approximate surface area is 209 Å². The highest BCUT2D eigenvalue weighted by Gasteiger charge is 2.22. The van der Waals surface area contributed by atoms with Gasteiger partial charge in [-0.2, -0.15) is 0 Å². The molecule has 0 aliphatic carbocycles. The highest BCUT2D eigenvalue weighted by molar-refractivity contribution is 5.94. The van der Waals surface area contributed by atoms with Gasteiger partial charge in [0.2, 0.25) is 0 Å². The molecule has 3 aromatic carbocycles. The molecule has 0 bridgehead atoms. The third-order valence-electron chi connectivity index (χ3n) is 6.38. The molecular weight excluding hydrogens is 439 g/mol. The predicted molar refractivity (Wildman–Crippen MR) is 140 cm³/mol. The quantitative estimate of drug-likeness (QED) is 0.280. The summed E-state index contributed by atoms with van der Waals surface area (Å²) in [4.78, 5) is 17.6. The molecule has 1 unspecified atom stereocenters. The largest absolute Gasteiger partial charge is 0.489 e. The molecule has 35 heavy (non-hydrogen) atoms. The molecule has 1 atom stereocenters. The van der Waals surface area contributed by atoms with Crippen molar-refractivity contribution in [2.24, 2.45) is 0 Å². The van der Waals surface area contributed by atoms with Crippen molar-refractivity contribution in [2.75, 3.05) is 19.6 Å². The van der Waals surface area contributed by atoms with Crippen LogP contribution in [-0.4, -0.2) is 41.4 Å². The van der Waals surface area contributed by atoms with Crippen molar-refractivity contribution in [1.29, 1.82) is 0 Å². The zero-order valence-electron chi connectivity index (χ0n) is 21.1. The topological polar surface area (TPSA) is 32.8 Å². The van der Waals surface area contributed by atoms with Gasteiger partial charge in [-0.1, -0.05) is 62.4 Å². The number of nitrogens with zero attached hydrogens (tertiary/aromatic N) is 2. The Morgan fingerprint density at radius 3 is 2.29 bits per heavy atom. The van der Waals surface area contributed by atoms with Gasteiger partial charge in [-0.15, -0.1) is 0 Å². The summed E-state index contributed by atoms with van der Waals surface area (Å²) in [5.74, 6) is 0.238. The summed E-state index contributed by atoms with van der Waals surface area (Å²) >= 11 is 0. The van der Waals surface area contributed by atoms with Gasteiger partial charge >= 0.3 is 0 Å². The molecular formula is C30H37FN2O2. The Morgan fingerprint density at radius 1 is 0.914 bits per heavy atom. The first kappa shape index (κ1) is 26.4. The van der Waals surface area contributed by atoms with Gasteiger partial charge in [-0.25, -0.2) is 4.39 Å². The molecule has 0 heterocycles. The van der Waals surface area contributed by atoms with Gasteiger partial charge in [-0.3, -0.25) is 4.79 Å². The van der Waals surface area contributed by atoms with E-state index in [0.717, 1.165) is 49.4 Å². The lowest BCUT2D eigenvalue weighted by Crippen LogP contribution is -2.38. The molecule has 5 heteroatoms. The van der Waals surface area contributed by atoms with E-state index in [2.05, 4.69) is 25.7 Å². The second kappa shape index (κ2) is 13.6. The van der Waals surface area contributed by atoms with E-state index in [-0.39, 0.29) is 11.9 Å². The van der Waals surface area contributed by atoms with Crippen LogP contribution >= 0.6 is 0 Å². The van der Waals surface area contributed by atoms with Crippen molar-refractivity contribution in [2.45, 2.75) is 52.8 Å². The second-order valence-corrected chi connectivity index (χ2v) is 8.88. The number of carbonyl (C=O) groups excluding carboxylic acids is 1. The molecule has 0 aliphatic heterocycles. The number of ether oxygens (including phenoxy) is 1. The first-order chi connectivity index (χ1) is 17.0. The second-order valence-electron chi connectivity index (χ2n) is 8.88. The molecule has 0 aromatic heterocycles. The summed E-state index contributed by atoms with van der Waals surface area (Å²) in [5, 5.41) is 0. The summed E-state index contributed by atoms with van der Waals surface area (Å²) < 4.78 is 19.7. The van der Waals surface area contributed by atoms with E-state index < -0.39 is 5.82 Å². The molecule has 4 nitrogen and oxygen atoms in total. The molecule has 0 spiro atoms. The number of amides is 1. The van der Waals surface area contributed by atoms with Crippen LogP contribution in [0.4, 0.5) is 4.39 Å². The highest BCUT2D eigenvalue weighted by atomic mass is 19.1. The number of hydrogen-bond donors (Lipinski definition) is 0. The minimum absolute atomic E-state index is 0.0235. The van der Waals surface area contributed by atoms with Crippen LogP contribution in [0.5, 0.6) is 5.75 Å². The molecule has 0 aliphatic rings. The van der Waals surface area contributed by atoms with E-state index in [4.69, 9.17) is 4.74 Å². The van der Waals surface area contributed by atoms with E-state index in [1.54, 1.807) is 12.1 Å². The van der Waals surface area contributed by atoms with Gasteiger partial charge in [-0.05, 0) is 80.9 Å². The Bertz CT molecular complexity index is 1040. The zero-order valence-corrected chi connectivity index (χ0v) is 21.1. The minimum atomic E-state index is -0.398. The van der Waals surface area contributed by atoms with Crippen molar-refractivity contribution in [3.05, 3.63) is 101 Å². The molecule has 3 rings (SSSR count). The molecule has 3 aromatic rings. The molecule has 0 radical (unpaired) electrons. The summed E-state index contributed by atoms with van der Waals surface area (Å²) in [6, 6.07) is 23.9. The smallest absolute Gasteiger partial charge is 0.254 e. The number of benzene rings is 3. The van der Waals surface area contributed by atoms with Crippen LogP contribution in [0.2, 0.25) is 0 Å². The number of hydrogen-bond acceptors (Lipinski definition) is 3. The summed E-state index contributed by atoms with van der Waals surface area (Å²) in [6.07, 6.45) is 1.89. The minimum Gasteiger partial charge on any atom is -0.489 e. The average molecular weight is 477 g/mol. The van der Waals surface area contributed by atoms with Crippen molar-refractivity contribution < 1.29 is 13.9 Å². The summed E-state index contributed by atoms with van der Waals surface area (Å²) in [6.45, 7) is 10.4. The maximum Gasteiger partial charge on any atom is 0.254 e. The normalized spacial score (nSPS) is 11.9. The third-order valence-corrected chi connectivity index (χ3v) is 6.38. The summed E-state index contributed by atoms with van der Waals surface area (Å²) in [5.41, 5.74) is 2.50. The van der Waals surface area contributed by atoms with E-state index in [0.29, 0.717) is 18.7 Å². The lowest BCUT2D eigenvalue weighted by Gasteiger charge is -2.30. The van der Waals surface area contributed by atoms with Crippen molar-refractivity contribution in [3.63, 3.8) is 0 Å². The van der Waals surface area contributed by atoms with E-state index in [1.165, 1.54) is 12.1 Å². The number of halogens is 1. The van der Waals surface area contributed by atoms with E-state index >= 15 is 0 Å².